The summed E-state index contributed by atoms with van der Waals surface area (Å²) in [5, 5.41) is 0. The third kappa shape index (κ3) is 3.26. The van der Waals surface area contributed by atoms with Crippen LogP contribution in [0.25, 0.3) is 0 Å². The Balaban J connectivity index is 2.04. The SMILES string of the molecule is C=CCN1CCCN(C(=O)c2cc(C)oc2C)CC1. The van der Waals surface area contributed by atoms with Gasteiger partial charge in [0.25, 0.3) is 5.91 Å². The van der Waals surface area contributed by atoms with E-state index in [1.807, 2.05) is 30.9 Å². The first-order valence-electron chi connectivity index (χ1n) is 6.81. The summed E-state index contributed by atoms with van der Waals surface area (Å²) in [4.78, 5) is 16.7. The Bertz CT molecular complexity index is 465. The second-order valence-corrected chi connectivity index (χ2v) is 5.06. The number of hydrogen-bond acceptors (Lipinski definition) is 3. The molecule has 0 spiro atoms. The molecule has 4 heteroatoms. The minimum atomic E-state index is 0.0924. The van der Waals surface area contributed by atoms with Crippen molar-refractivity contribution >= 4 is 5.91 Å². The fraction of sp³-hybridized carbons (Fsp3) is 0.533. The van der Waals surface area contributed by atoms with Crippen LogP contribution in [0.5, 0.6) is 0 Å². The lowest BCUT2D eigenvalue weighted by Gasteiger charge is -2.21. The molecule has 1 aromatic heterocycles. The number of rotatable bonds is 3. The lowest BCUT2D eigenvalue weighted by Crippen LogP contribution is -2.35. The Morgan fingerprint density at radius 1 is 1.37 bits per heavy atom. The van der Waals surface area contributed by atoms with E-state index in [2.05, 4.69) is 11.5 Å². The Kier molecular flexibility index (Phi) is 4.43. The number of carbonyl (C=O) groups excluding carboxylic acids is 1. The van der Waals surface area contributed by atoms with Gasteiger partial charge in [-0.2, -0.15) is 0 Å². The molecule has 0 N–H and O–H groups in total. The van der Waals surface area contributed by atoms with Gasteiger partial charge in [-0.05, 0) is 26.3 Å². The van der Waals surface area contributed by atoms with E-state index >= 15 is 0 Å². The van der Waals surface area contributed by atoms with Gasteiger partial charge in [0.2, 0.25) is 0 Å². The first-order valence-corrected chi connectivity index (χ1v) is 6.81. The van der Waals surface area contributed by atoms with Crippen LogP contribution in [0.1, 0.15) is 28.3 Å². The van der Waals surface area contributed by atoms with Crippen molar-refractivity contribution in [2.24, 2.45) is 0 Å². The number of carbonyl (C=O) groups is 1. The van der Waals surface area contributed by atoms with E-state index in [1.54, 1.807) is 0 Å². The van der Waals surface area contributed by atoms with E-state index in [4.69, 9.17) is 4.42 Å². The molecule has 1 saturated heterocycles. The van der Waals surface area contributed by atoms with E-state index < -0.39 is 0 Å². The van der Waals surface area contributed by atoms with E-state index in [1.165, 1.54) is 0 Å². The molecule has 2 heterocycles. The quantitative estimate of drug-likeness (QED) is 0.784. The summed E-state index contributed by atoms with van der Waals surface area (Å²) in [5.41, 5.74) is 0.703. The third-order valence-corrected chi connectivity index (χ3v) is 3.53. The molecule has 2 rings (SSSR count). The maximum atomic E-state index is 12.5. The minimum Gasteiger partial charge on any atom is -0.466 e. The predicted octanol–water partition coefficient (Wildman–Crippen LogP) is 2.23. The average molecular weight is 262 g/mol. The van der Waals surface area contributed by atoms with Gasteiger partial charge >= 0.3 is 0 Å². The van der Waals surface area contributed by atoms with Gasteiger partial charge in [-0.15, -0.1) is 6.58 Å². The summed E-state index contributed by atoms with van der Waals surface area (Å²) in [6.45, 7) is 11.9. The van der Waals surface area contributed by atoms with Gasteiger partial charge in [0, 0.05) is 32.7 Å². The van der Waals surface area contributed by atoms with Crippen molar-refractivity contribution in [3.05, 3.63) is 35.8 Å². The Morgan fingerprint density at radius 3 is 2.79 bits per heavy atom. The molecule has 1 aliphatic rings. The van der Waals surface area contributed by atoms with Gasteiger partial charge in [0.15, 0.2) is 0 Å². The van der Waals surface area contributed by atoms with Crippen LogP contribution >= 0.6 is 0 Å². The molecule has 4 nitrogen and oxygen atoms in total. The lowest BCUT2D eigenvalue weighted by molar-refractivity contribution is 0.0760. The smallest absolute Gasteiger partial charge is 0.257 e. The monoisotopic (exact) mass is 262 g/mol. The van der Waals surface area contributed by atoms with E-state index in [-0.39, 0.29) is 5.91 Å². The fourth-order valence-corrected chi connectivity index (χ4v) is 2.55. The highest BCUT2D eigenvalue weighted by atomic mass is 16.3. The van der Waals surface area contributed by atoms with Gasteiger partial charge in [0.05, 0.1) is 5.56 Å². The van der Waals surface area contributed by atoms with Crippen LogP contribution in [-0.2, 0) is 0 Å². The summed E-state index contributed by atoms with van der Waals surface area (Å²) < 4.78 is 5.45. The first-order chi connectivity index (χ1) is 9.11. The molecule has 0 aromatic carbocycles. The number of aryl methyl sites for hydroxylation is 2. The number of amides is 1. The highest BCUT2D eigenvalue weighted by molar-refractivity contribution is 5.95. The zero-order valence-electron chi connectivity index (χ0n) is 11.8. The molecule has 19 heavy (non-hydrogen) atoms. The summed E-state index contributed by atoms with van der Waals surface area (Å²) in [7, 11) is 0. The van der Waals surface area contributed by atoms with Crippen LogP contribution in [0.4, 0.5) is 0 Å². The van der Waals surface area contributed by atoms with Gasteiger partial charge in [-0.1, -0.05) is 6.08 Å². The molecule has 1 aromatic rings. The maximum Gasteiger partial charge on any atom is 0.257 e. The van der Waals surface area contributed by atoms with Crippen molar-refractivity contribution in [1.82, 2.24) is 9.80 Å². The van der Waals surface area contributed by atoms with Crippen LogP contribution in [0, 0.1) is 13.8 Å². The molecule has 0 aliphatic carbocycles. The largest absolute Gasteiger partial charge is 0.466 e. The number of nitrogens with zero attached hydrogens (tertiary/aromatic N) is 2. The Morgan fingerprint density at radius 2 is 2.16 bits per heavy atom. The highest BCUT2D eigenvalue weighted by Crippen LogP contribution is 2.17. The van der Waals surface area contributed by atoms with Gasteiger partial charge in [0.1, 0.15) is 11.5 Å². The third-order valence-electron chi connectivity index (χ3n) is 3.53. The summed E-state index contributed by atoms with van der Waals surface area (Å²) in [6, 6.07) is 1.84. The normalized spacial score (nSPS) is 17.3. The summed E-state index contributed by atoms with van der Waals surface area (Å²) in [6.07, 6.45) is 2.93. The van der Waals surface area contributed by atoms with Crippen molar-refractivity contribution in [2.45, 2.75) is 20.3 Å². The molecule has 0 radical (unpaired) electrons. The number of hydrogen-bond donors (Lipinski definition) is 0. The number of furan rings is 1. The van der Waals surface area contributed by atoms with Crippen molar-refractivity contribution in [3.63, 3.8) is 0 Å². The van der Waals surface area contributed by atoms with E-state index in [9.17, 15) is 4.79 Å². The zero-order chi connectivity index (χ0) is 13.8. The second-order valence-electron chi connectivity index (χ2n) is 5.06. The molecule has 1 amide bonds. The van der Waals surface area contributed by atoms with Crippen molar-refractivity contribution in [1.29, 1.82) is 0 Å². The molecule has 104 valence electrons. The topological polar surface area (TPSA) is 36.7 Å². The molecule has 1 aliphatic heterocycles. The van der Waals surface area contributed by atoms with E-state index in [0.29, 0.717) is 5.56 Å². The highest BCUT2D eigenvalue weighted by Gasteiger charge is 2.22. The molecule has 0 bridgehead atoms. The Hall–Kier alpha value is -1.55. The van der Waals surface area contributed by atoms with Gasteiger partial charge < -0.3 is 9.32 Å². The summed E-state index contributed by atoms with van der Waals surface area (Å²) in [5.74, 6) is 1.61. The minimum absolute atomic E-state index is 0.0924. The van der Waals surface area contributed by atoms with Crippen LogP contribution in [0.2, 0.25) is 0 Å². The maximum absolute atomic E-state index is 12.5. The molecule has 0 saturated carbocycles. The Labute approximate surface area is 114 Å². The average Bonchev–Trinajstić information content (AvgIpc) is 2.59. The molecule has 1 fully saturated rings. The zero-order valence-corrected chi connectivity index (χ0v) is 11.8. The van der Waals surface area contributed by atoms with Gasteiger partial charge in [-0.3, -0.25) is 9.69 Å². The molecular weight excluding hydrogens is 240 g/mol. The standard InChI is InChI=1S/C15H22N2O2/c1-4-6-16-7-5-8-17(10-9-16)15(18)14-11-12(2)19-13(14)3/h4,11H,1,5-10H2,2-3H3. The van der Waals surface area contributed by atoms with Gasteiger partial charge in [-0.25, -0.2) is 0 Å². The summed E-state index contributed by atoms with van der Waals surface area (Å²) >= 11 is 0. The second kappa shape index (κ2) is 6.06. The van der Waals surface area contributed by atoms with Crippen LogP contribution in [0.3, 0.4) is 0 Å². The van der Waals surface area contributed by atoms with Crippen LogP contribution in [-0.4, -0.2) is 48.4 Å². The fourth-order valence-electron chi connectivity index (χ4n) is 2.55. The molecular formula is C15H22N2O2. The molecule has 0 unspecified atom stereocenters. The predicted molar refractivity (Wildman–Crippen MR) is 75.3 cm³/mol. The first kappa shape index (κ1) is 13.9. The van der Waals surface area contributed by atoms with Crippen LogP contribution < -0.4 is 0 Å². The van der Waals surface area contributed by atoms with Crippen molar-refractivity contribution < 1.29 is 9.21 Å². The lowest BCUT2D eigenvalue weighted by atomic mass is 10.2. The molecule has 0 atom stereocenters. The van der Waals surface area contributed by atoms with E-state index in [0.717, 1.165) is 50.7 Å². The van der Waals surface area contributed by atoms with Crippen molar-refractivity contribution in [3.8, 4) is 0 Å². The van der Waals surface area contributed by atoms with Crippen LogP contribution in [0.15, 0.2) is 23.1 Å². The van der Waals surface area contributed by atoms with Crippen molar-refractivity contribution in [2.75, 3.05) is 32.7 Å².